The molecule has 1 saturated heterocycles. The zero-order chi connectivity index (χ0) is 25.6. The number of anilines is 1. The summed E-state index contributed by atoms with van der Waals surface area (Å²) in [5.74, 6) is -0.268. The van der Waals surface area contributed by atoms with Crippen LogP contribution in [0.25, 0.3) is 11.0 Å². The first-order chi connectivity index (χ1) is 17.3. The zero-order valence-electron chi connectivity index (χ0n) is 20.8. The van der Waals surface area contributed by atoms with Gasteiger partial charge >= 0.3 is 0 Å². The molecule has 1 aliphatic heterocycles. The van der Waals surface area contributed by atoms with E-state index in [-0.39, 0.29) is 29.5 Å². The second-order valence-corrected chi connectivity index (χ2v) is 9.53. The highest BCUT2D eigenvalue weighted by molar-refractivity contribution is 5.89. The van der Waals surface area contributed by atoms with E-state index in [1.807, 2.05) is 29.9 Å². The number of nitrogens with zero attached hydrogens (tertiary/aromatic N) is 7. The first-order valence-corrected chi connectivity index (χ1v) is 11.9. The van der Waals surface area contributed by atoms with Crippen molar-refractivity contribution in [2.45, 2.75) is 32.0 Å². The van der Waals surface area contributed by atoms with E-state index in [0.717, 1.165) is 16.9 Å². The Labute approximate surface area is 208 Å². The number of pyridine rings is 2. The quantitative estimate of drug-likeness (QED) is 0.441. The highest BCUT2D eigenvalue weighted by Gasteiger charge is 2.37. The number of piperazine rings is 1. The van der Waals surface area contributed by atoms with Gasteiger partial charge in [-0.1, -0.05) is 12.1 Å². The number of fused-ring (bicyclic) bond motifs is 1. The van der Waals surface area contributed by atoms with Gasteiger partial charge in [0.2, 0.25) is 0 Å². The average Bonchev–Trinajstić information content (AvgIpc) is 3.29. The fourth-order valence-corrected chi connectivity index (χ4v) is 5.25. The van der Waals surface area contributed by atoms with E-state index in [2.05, 4.69) is 39.7 Å². The molecule has 4 heterocycles. The number of aryl methyl sites for hydroxylation is 2. The van der Waals surface area contributed by atoms with Gasteiger partial charge in [0.1, 0.15) is 23.1 Å². The Bertz CT molecular complexity index is 1520. The summed E-state index contributed by atoms with van der Waals surface area (Å²) in [6.07, 6.45) is 3.64. The van der Waals surface area contributed by atoms with Crippen LogP contribution in [0, 0.1) is 17.1 Å². The van der Waals surface area contributed by atoms with E-state index in [1.165, 1.54) is 12.1 Å². The lowest BCUT2D eigenvalue weighted by Gasteiger charge is -2.48. The molecule has 0 amide bonds. The van der Waals surface area contributed by atoms with E-state index in [0.29, 0.717) is 29.8 Å². The van der Waals surface area contributed by atoms with Crippen LogP contribution < -0.4 is 10.5 Å². The predicted molar refractivity (Wildman–Crippen MR) is 136 cm³/mol. The summed E-state index contributed by atoms with van der Waals surface area (Å²) in [5, 5.41) is 9.42. The number of aromatic nitrogens is 4. The van der Waals surface area contributed by atoms with Gasteiger partial charge in [0, 0.05) is 45.3 Å². The Morgan fingerprint density at radius 3 is 2.50 bits per heavy atom. The first kappa shape index (κ1) is 23.7. The summed E-state index contributed by atoms with van der Waals surface area (Å²) >= 11 is 0. The van der Waals surface area contributed by atoms with Gasteiger partial charge in [-0.05, 0) is 43.7 Å². The number of hydrogen-bond donors (Lipinski definition) is 0. The van der Waals surface area contributed by atoms with E-state index >= 15 is 0 Å². The van der Waals surface area contributed by atoms with Gasteiger partial charge in [-0.3, -0.25) is 9.69 Å². The van der Waals surface area contributed by atoms with Crippen LogP contribution in [0.3, 0.4) is 0 Å². The van der Waals surface area contributed by atoms with Crippen molar-refractivity contribution in [3.8, 4) is 6.07 Å². The maximum Gasteiger partial charge on any atom is 0.252 e. The van der Waals surface area contributed by atoms with Crippen LogP contribution in [-0.2, 0) is 14.1 Å². The number of halogens is 1. The lowest BCUT2D eigenvalue weighted by molar-refractivity contribution is 0.126. The van der Waals surface area contributed by atoms with Gasteiger partial charge in [-0.25, -0.2) is 14.4 Å². The van der Waals surface area contributed by atoms with Crippen molar-refractivity contribution in [2.75, 3.05) is 18.0 Å². The fourth-order valence-electron chi connectivity index (χ4n) is 5.25. The van der Waals surface area contributed by atoms with Crippen LogP contribution >= 0.6 is 0 Å². The summed E-state index contributed by atoms with van der Waals surface area (Å²) in [7, 11) is 3.68. The largest absolute Gasteiger partial charge is 0.364 e. The van der Waals surface area contributed by atoms with Crippen molar-refractivity contribution in [1.29, 1.82) is 5.26 Å². The third-order valence-electron chi connectivity index (χ3n) is 7.18. The van der Waals surface area contributed by atoms with E-state index in [9.17, 15) is 14.4 Å². The van der Waals surface area contributed by atoms with Crippen molar-refractivity contribution >= 4 is 16.7 Å². The molecule has 1 fully saturated rings. The minimum absolute atomic E-state index is 0.0419. The van der Waals surface area contributed by atoms with Crippen LogP contribution in [0.15, 0.2) is 59.8 Å². The molecular formula is C27H28FN7O. The third-order valence-corrected chi connectivity index (χ3v) is 7.18. The van der Waals surface area contributed by atoms with Crippen molar-refractivity contribution in [3.05, 3.63) is 88.1 Å². The summed E-state index contributed by atoms with van der Waals surface area (Å²) in [6, 6.07) is 13.8. The topological polar surface area (TPSA) is 83.0 Å². The monoisotopic (exact) mass is 485 g/mol. The van der Waals surface area contributed by atoms with Crippen LogP contribution in [0.2, 0.25) is 0 Å². The minimum Gasteiger partial charge on any atom is -0.364 e. The predicted octanol–water partition coefficient (Wildman–Crippen LogP) is 3.37. The van der Waals surface area contributed by atoms with Crippen molar-refractivity contribution in [1.82, 2.24) is 24.0 Å². The number of rotatable bonds is 4. The maximum absolute atomic E-state index is 13.7. The molecule has 1 aliphatic rings. The fraction of sp³-hybridized carbons (Fsp3) is 0.333. The first-order valence-electron chi connectivity index (χ1n) is 11.9. The van der Waals surface area contributed by atoms with Gasteiger partial charge in [-0.2, -0.15) is 5.26 Å². The molecule has 0 aliphatic carbocycles. The molecule has 5 rings (SSSR count). The highest BCUT2D eigenvalue weighted by Crippen LogP contribution is 2.35. The summed E-state index contributed by atoms with van der Waals surface area (Å²) in [6.45, 7) is 5.63. The molecule has 8 nitrogen and oxygen atoms in total. The van der Waals surface area contributed by atoms with Crippen LogP contribution in [-0.4, -0.2) is 49.2 Å². The molecule has 3 atom stereocenters. The van der Waals surface area contributed by atoms with E-state index in [1.54, 1.807) is 36.1 Å². The van der Waals surface area contributed by atoms with Crippen molar-refractivity contribution < 1.29 is 4.39 Å². The molecule has 4 aromatic rings. The molecule has 0 radical (unpaired) electrons. The van der Waals surface area contributed by atoms with E-state index < -0.39 is 0 Å². The summed E-state index contributed by atoms with van der Waals surface area (Å²) in [5.41, 5.74) is 4.28. The van der Waals surface area contributed by atoms with Crippen LogP contribution in [0.4, 0.5) is 10.1 Å². The van der Waals surface area contributed by atoms with Crippen LogP contribution in [0.1, 0.15) is 36.8 Å². The molecule has 1 unspecified atom stereocenters. The van der Waals surface area contributed by atoms with Gasteiger partial charge in [-0.15, -0.1) is 0 Å². The molecule has 0 N–H and O–H groups in total. The lowest BCUT2D eigenvalue weighted by atomic mass is 9.96. The Balaban J connectivity index is 1.56. The summed E-state index contributed by atoms with van der Waals surface area (Å²) in [4.78, 5) is 26.3. The lowest BCUT2D eigenvalue weighted by Crippen LogP contribution is -2.57. The number of hydrogen-bond acceptors (Lipinski definition) is 6. The zero-order valence-corrected chi connectivity index (χ0v) is 20.8. The van der Waals surface area contributed by atoms with Gasteiger partial charge in [0.05, 0.1) is 35.5 Å². The summed E-state index contributed by atoms with van der Waals surface area (Å²) < 4.78 is 17.3. The smallest absolute Gasteiger partial charge is 0.252 e. The molecule has 0 spiro atoms. The van der Waals surface area contributed by atoms with E-state index in [4.69, 9.17) is 0 Å². The molecular weight excluding hydrogens is 457 g/mol. The molecule has 0 bridgehead atoms. The van der Waals surface area contributed by atoms with Crippen LogP contribution in [0.5, 0.6) is 0 Å². The normalized spacial score (nSPS) is 19.4. The molecule has 36 heavy (non-hydrogen) atoms. The number of imidazole rings is 1. The van der Waals surface area contributed by atoms with Gasteiger partial charge in [0.15, 0.2) is 0 Å². The SMILES string of the molecule is C[C@@H]1CN(c2cc(=O)n(C)c3ccc(C#N)nc23)[C@@H](C)CN1C(c1ccc(F)cc1)c1cncn1C. The van der Waals surface area contributed by atoms with Crippen molar-refractivity contribution in [3.63, 3.8) is 0 Å². The number of nitriles is 1. The maximum atomic E-state index is 13.7. The molecule has 3 aromatic heterocycles. The Morgan fingerprint density at radius 1 is 1.08 bits per heavy atom. The van der Waals surface area contributed by atoms with Gasteiger partial charge < -0.3 is 14.0 Å². The van der Waals surface area contributed by atoms with Crippen molar-refractivity contribution in [2.24, 2.45) is 14.1 Å². The Kier molecular flexibility index (Phi) is 6.06. The third kappa shape index (κ3) is 4.03. The minimum atomic E-state index is -0.268. The number of benzene rings is 1. The molecule has 184 valence electrons. The molecule has 1 aromatic carbocycles. The Hall–Kier alpha value is -4.03. The van der Waals surface area contributed by atoms with Gasteiger partial charge in [0.25, 0.3) is 5.56 Å². The average molecular weight is 486 g/mol. The highest BCUT2D eigenvalue weighted by atomic mass is 19.1. The standard InChI is InChI=1S/C27H28FN7O/c1-17-15-35(27(24-13-30-16-32(24)3)19-5-7-20(28)8-6-19)18(2)14-34(17)23-11-25(36)33(4)22-10-9-21(12-29)31-26(22)23/h5-11,13,16-18,27H,14-15H2,1-4H3/t17-,18+,27?/m0/s1. The Morgan fingerprint density at radius 2 is 1.83 bits per heavy atom. The second-order valence-electron chi connectivity index (χ2n) is 9.53. The molecule has 0 saturated carbocycles. The molecule has 9 heteroatoms. The second kappa shape index (κ2) is 9.21.